The monoisotopic (exact) mass is 259 g/mol. The molecule has 0 spiro atoms. The highest BCUT2D eigenvalue weighted by atomic mass is 35.5. The fourth-order valence-corrected chi connectivity index (χ4v) is 3.14. The van der Waals surface area contributed by atoms with Crippen LogP contribution in [0, 0.1) is 0 Å². The standard InChI is InChI=1S/C11H14ClNO2S/c1-16(14,15)10-3-2-8(12)6-9(10)11(7-13)4-5-11/h2-3,6H,4-5,7,13H2,1H3. The Hall–Kier alpha value is -0.580. The fraction of sp³-hybridized carbons (Fsp3) is 0.455. The maximum atomic E-state index is 11.7. The lowest BCUT2D eigenvalue weighted by Crippen LogP contribution is -2.22. The van der Waals surface area contributed by atoms with E-state index in [1.54, 1.807) is 18.2 Å². The van der Waals surface area contributed by atoms with Gasteiger partial charge in [0.05, 0.1) is 4.90 Å². The van der Waals surface area contributed by atoms with Crippen LogP contribution in [0.3, 0.4) is 0 Å². The van der Waals surface area contributed by atoms with Crippen LogP contribution in [0.15, 0.2) is 23.1 Å². The topological polar surface area (TPSA) is 60.2 Å². The molecule has 16 heavy (non-hydrogen) atoms. The van der Waals surface area contributed by atoms with E-state index < -0.39 is 9.84 Å². The second kappa shape index (κ2) is 3.72. The fourth-order valence-electron chi connectivity index (χ4n) is 1.97. The van der Waals surface area contributed by atoms with Crippen molar-refractivity contribution in [2.24, 2.45) is 5.73 Å². The van der Waals surface area contributed by atoms with Gasteiger partial charge in [-0.2, -0.15) is 0 Å². The molecule has 88 valence electrons. The lowest BCUT2D eigenvalue weighted by molar-refractivity contribution is 0.596. The predicted octanol–water partition coefficient (Wildman–Crippen LogP) is 1.73. The minimum atomic E-state index is -3.22. The molecule has 1 aromatic rings. The van der Waals surface area contributed by atoms with Crippen LogP contribution in [-0.2, 0) is 15.3 Å². The highest BCUT2D eigenvalue weighted by molar-refractivity contribution is 7.90. The summed E-state index contributed by atoms with van der Waals surface area (Å²) in [6, 6.07) is 4.91. The third kappa shape index (κ3) is 1.97. The molecule has 0 amide bonds. The van der Waals surface area contributed by atoms with E-state index in [0.717, 1.165) is 18.4 Å². The first-order valence-electron chi connectivity index (χ1n) is 5.09. The molecular formula is C11H14ClNO2S. The molecule has 0 unspecified atom stereocenters. The zero-order valence-corrected chi connectivity index (χ0v) is 10.6. The molecule has 0 saturated heterocycles. The lowest BCUT2D eigenvalue weighted by atomic mass is 9.96. The zero-order valence-electron chi connectivity index (χ0n) is 9.03. The Morgan fingerprint density at radius 3 is 2.50 bits per heavy atom. The third-order valence-electron chi connectivity index (χ3n) is 3.16. The molecule has 1 aromatic carbocycles. The van der Waals surface area contributed by atoms with E-state index in [1.807, 2.05) is 0 Å². The van der Waals surface area contributed by atoms with Crippen molar-refractivity contribution in [3.63, 3.8) is 0 Å². The summed E-state index contributed by atoms with van der Waals surface area (Å²) in [5.74, 6) is 0. The summed E-state index contributed by atoms with van der Waals surface area (Å²) in [5, 5.41) is 0.558. The molecule has 5 heteroatoms. The molecule has 0 atom stereocenters. The maximum Gasteiger partial charge on any atom is 0.175 e. The molecule has 1 aliphatic rings. The number of benzene rings is 1. The van der Waals surface area contributed by atoms with Crippen molar-refractivity contribution in [2.45, 2.75) is 23.2 Å². The average Bonchev–Trinajstić information content (AvgIpc) is 2.96. The van der Waals surface area contributed by atoms with Gasteiger partial charge in [0.2, 0.25) is 0 Å². The smallest absolute Gasteiger partial charge is 0.175 e. The van der Waals surface area contributed by atoms with Gasteiger partial charge < -0.3 is 5.73 Å². The Bertz CT molecular complexity index is 521. The minimum absolute atomic E-state index is 0.163. The number of hydrogen-bond donors (Lipinski definition) is 1. The normalized spacial score (nSPS) is 18.4. The SMILES string of the molecule is CS(=O)(=O)c1ccc(Cl)cc1C1(CN)CC1. The van der Waals surface area contributed by atoms with Crippen molar-refractivity contribution in [2.75, 3.05) is 12.8 Å². The molecule has 0 aliphatic heterocycles. The lowest BCUT2D eigenvalue weighted by Gasteiger charge is -2.17. The van der Waals surface area contributed by atoms with Crippen LogP contribution in [0.4, 0.5) is 0 Å². The quantitative estimate of drug-likeness (QED) is 0.899. The van der Waals surface area contributed by atoms with Crippen molar-refractivity contribution >= 4 is 21.4 Å². The number of halogens is 1. The van der Waals surface area contributed by atoms with Crippen LogP contribution in [0.1, 0.15) is 18.4 Å². The van der Waals surface area contributed by atoms with Crippen molar-refractivity contribution < 1.29 is 8.42 Å². The molecule has 0 aromatic heterocycles. The number of rotatable bonds is 3. The van der Waals surface area contributed by atoms with E-state index in [1.165, 1.54) is 6.26 Å². The molecule has 0 bridgehead atoms. The Morgan fingerprint density at radius 2 is 2.06 bits per heavy atom. The maximum absolute atomic E-state index is 11.7. The van der Waals surface area contributed by atoms with E-state index in [-0.39, 0.29) is 5.41 Å². The summed E-state index contributed by atoms with van der Waals surface area (Å²) >= 11 is 5.92. The summed E-state index contributed by atoms with van der Waals surface area (Å²) in [6.07, 6.45) is 3.09. The van der Waals surface area contributed by atoms with E-state index in [9.17, 15) is 8.42 Å². The van der Waals surface area contributed by atoms with Crippen LogP contribution >= 0.6 is 11.6 Å². The van der Waals surface area contributed by atoms with E-state index in [0.29, 0.717) is 16.5 Å². The number of nitrogens with two attached hydrogens (primary N) is 1. The molecule has 3 nitrogen and oxygen atoms in total. The number of sulfone groups is 1. The van der Waals surface area contributed by atoms with Crippen molar-refractivity contribution in [3.05, 3.63) is 28.8 Å². The van der Waals surface area contributed by atoms with Crippen LogP contribution in [-0.4, -0.2) is 21.2 Å². The van der Waals surface area contributed by atoms with Gasteiger partial charge in [0, 0.05) is 23.2 Å². The van der Waals surface area contributed by atoms with E-state index in [4.69, 9.17) is 17.3 Å². The van der Waals surface area contributed by atoms with E-state index in [2.05, 4.69) is 0 Å². The Kier molecular flexibility index (Phi) is 2.77. The zero-order chi connectivity index (χ0) is 12.0. The van der Waals surface area contributed by atoms with Crippen LogP contribution in [0.5, 0.6) is 0 Å². The molecule has 2 rings (SSSR count). The van der Waals surface area contributed by atoms with Crippen LogP contribution < -0.4 is 5.73 Å². The van der Waals surface area contributed by atoms with Gasteiger partial charge in [0.1, 0.15) is 0 Å². The highest BCUT2D eigenvalue weighted by Gasteiger charge is 2.45. The van der Waals surface area contributed by atoms with Gasteiger partial charge in [-0.05, 0) is 36.6 Å². The molecule has 0 radical (unpaired) electrons. The van der Waals surface area contributed by atoms with Crippen molar-refractivity contribution in [1.29, 1.82) is 0 Å². The summed E-state index contributed by atoms with van der Waals surface area (Å²) in [5.41, 5.74) is 6.34. The summed E-state index contributed by atoms with van der Waals surface area (Å²) in [4.78, 5) is 0.361. The van der Waals surface area contributed by atoms with Crippen molar-refractivity contribution in [3.8, 4) is 0 Å². The van der Waals surface area contributed by atoms with E-state index >= 15 is 0 Å². The van der Waals surface area contributed by atoms with Crippen LogP contribution in [0.25, 0.3) is 0 Å². The third-order valence-corrected chi connectivity index (χ3v) is 4.55. The first-order chi connectivity index (χ1) is 7.39. The molecule has 1 aliphatic carbocycles. The van der Waals surface area contributed by atoms with Crippen LogP contribution in [0.2, 0.25) is 5.02 Å². The van der Waals surface area contributed by atoms with Gasteiger partial charge in [0.25, 0.3) is 0 Å². The van der Waals surface area contributed by atoms with Gasteiger partial charge in [-0.1, -0.05) is 11.6 Å². The number of hydrogen-bond acceptors (Lipinski definition) is 3. The van der Waals surface area contributed by atoms with Gasteiger partial charge in [-0.25, -0.2) is 8.42 Å². The second-order valence-electron chi connectivity index (χ2n) is 4.40. The Labute approximate surface area is 101 Å². The average molecular weight is 260 g/mol. The molecule has 2 N–H and O–H groups in total. The van der Waals surface area contributed by atoms with Gasteiger partial charge in [-0.3, -0.25) is 0 Å². The molecular weight excluding hydrogens is 246 g/mol. The molecule has 1 fully saturated rings. The second-order valence-corrected chi connectivity index (χ2v) is 6.82. The largest absolute Gasteiger partial charge is 0.330 e. The minimum Gasteiger partial charge on any atom is -0.330 e. The molecule has 0 heterocycles. The van der Waals surface area contributed by atoms with Gasteiger partial charge >= 0.3 is 0 Å². The Morgan fingerprint density at radius 1 is 1.44 bits per heavy atom. The summed E-state index contributed by atoms with van der Waals surface area (Å²) < 4.78 is 23.3. The Balaban J connectivity index is 2.63. The van der Waals surface area contributed by atoms with Gasteiger partial charge in [-0.15, -0.1) is 0 Å². The first-order valence-corrected chi connectivity index (χ1v) is 7.36. The van der Waals surface area contributed by atoms with Gasteiger partial charge in [0.15, 0.2) is 9.84 Å². The molecule has 1 saturated carbocycles. The predicted molar refractivity (Wildman–Crippen MR) is 64.5 cm³/mol. The summed E-state index contributed by atoms with van der Waals surface area (Å²) in [7, 11) is -3.22. The summed E-state index contributed by atoms with van der Waals surface area (Å²) in [6.45, 7) is 0.468. The van der Waals surface area contributed by atoms with Crippen molar-refractivity contribution in [1.82, 2.24) is 0 Å². The highest BCUT2D eigenvalue weighted by Crippen LogP contribution is 2.49. The first kappa shape index (κ1) is 11.9.